The summed E-state index contributed by atoms with van der Waals surface area (Å²) in [5.41, 5.74) is 0.827. The van der Waals surface area contributed by atoms with Crippen LogP contribution in [0.1, 0.15) is 86.0 Å². The fourth-order valence-corrected chi connectivity index (χ4v) is 8.50. The quantitative estimate of drug-likeness (QED) is 0.317. The van der Waals surface area contributed by atoms with Crippen molar-refractivity contribution in [2.24, 2.45) is 35.0 Å². The second kappa shape index (κ2) is 9.67. The lowest BCUT2D eigenvalue weighted by molar-refractivity contribution is -0.152. The summed E-state index contributed by atoms with van der Waals surface area (Å²) >= 11 is 0. The second-order valence-electron chi connectivity index (χ2n) is 13.4. The topological polar surface area (TPSA) is 29.5 Å². The minimum atomic E-state index is -1.75. The van der Waals surface area contributed by atoms with Crippen LogP contribution in [-0.2, 0) is 4.43 Å². The maximum Gasteiger partial charge on any atom is 0.191 e. The van der Waals surface area contributed by atoms with Crippen LogP contribution in [0, 0.1) is 47.3 Å². The summed E-state index contributed by atoms with van der Waals surface area (Å²) in [5.74, 6) is 5.21. The van der Waals surface area contributed by atoms with Crippen molar-refractivity contribution in [3.05, 3.63) is 24.3 Å². The van der Waals surface area contributed by atoms with Gasteiger partial charge in [0.2, 0.25) is 0 Å². The normalized spacial score (nSPS) is 39.8. The van der Waals surface area contributed by atoms with Crippen LogP contribution in [0.25, 0.3) is 0 Å². The first-order valence-corrected chi connectivity index (χ1v) is 16.3. The molecule has 33 heavy (non-hydrogen) atoms. The van der Waals surface area contributed by atoms with E-state index in [2.05, 4.69) is 66.3 Å². The molecule has 0 aromatic heterocycles. The van der Waals surface area contributed by atoms with E-state index in [9.17, 15) is 5.11 Å². The Hall–Kier alpha value is -0.823. The molecule has 7 atom stereocenters. The molecule has 0 aromatic rings. The van der Waals surface area contributed by atoms with Gasteiger partial charge in [-0.05, 0) is 98.1 Å². The van der Waals surface area contributed by atoms with Crippen LogP contribution in [0.3, 0.4) is 0 Å². The molecule has 1 N–H and O–H groups in total. The van der Waals surface area contributed by atoms with Crippen LogP contribution in [0.2, 0.25) is 18.1 Å². The summed E-state index contributed by atoms with van der Waals surface area (Å²) in [7, 11) is -1.75. The molecule has 0 aromatic carbocycles. The monoisotopic (exact) mass is 470 g/mol. The SMILES string of the molecule is C#CCC1C/C(C=C)=C\C[C@@]2(O)C3CC[C@H]([C@H](C)CO[Si](C)(C)C(C)(C)C)[C@@]3(C)CC[C@H]2C1. The number of hydrogen-bond donors (Lipinski definition) is 1. The highest BCUT2D eigenvalue weighted by atomic mass is 28.4. The molecule has 0 amide bonds. The van der Waals surface area contributed by atoms with Gasteiger partial charge in [0.15, 0.2) is 8.32 Å². The van der Waals surface area contributed by atoms with E-state index >= 15 is 0 Å². The number of terminal acetylenes is 1. The maximum absolute atomic E-state index is 12.3. The van der Waals surface area contributed by atoms with Gasteiger partial charge in [0, 0.05) is 13.0 Å². The number of hydrogen-bond acceptors (Lipinski definition) is 2. The van der Waals surface area contributed by atoms with Crippen LogP contribution in [0.5, 0.6) is 0 Å². The molecule has 0 aliphatic heterocycles. The molecule has 0 radical (unpaired) electrons. The van der Waals surface area contributed by atoms with Crippen LogP contribution in [0.15, 0.2) is 24.3 Å². The predicted molar refractivity (Wildman–Crippen MR) is 143 cm³/mol. The molecule has 2 unspecified atom stereocenters. The minimum Gasteiger partial charge on any atom is -0.417 e. The molecular formula is C30H50O2Si. The number of allylic oxidation sites excluding steroid dienone is 2. The zero-order chi connectivity index (χ0) is 24.7. The molecular weight excluding hydrogens is 420 g/mol. The minimum absolute atomic E-state index is 0.185. The summed E-state index contributed by atoms with van der Waals surface area (Å²) in [4.78, 5) is 0. The Morgan fingerprint density at radius 1 is 1.33 bits per heavy atom. The lowest BCUT2D eigenvalue weighted by Gasteiger charge is -2.55. The van der Waals surface area contributed by atoms with Crippen LogP contribution in [-0.4, -0.2) is 25.6 Å². The smallest absolute Gasteiger partial charge is 0.191 e. The van der Waals surface area contributed by atoms with Crippen molar-refractivity contribution in [1.29, 1.82) is 0 Å². The van der Waals surface area contributed by atoms with Crippen LogP contribution >= 0.6 is 0 Å². The van der Waals surface area contributed by atoms with Crippen LogP contribution in [0.4, 0.5) is 0 Å². The van der Waals surface area contributed by atoms with Gasteiger partial charge in [-0.3, -0.25) is 0 Å². The largest absolute Gasteiger partial charge is 0.417 e. The van der Waals surface area contributed by atoms with Gasteiger partial charge in [-0.25, -0.2) is 0 Å². The zero-order valence-electron chi connectivity index (χ0n) is 22.5. The van der Waals surface area contributed by atoms with Crippen molar-refractivity contribution in [3.8, 4) is 12.3 Å². The Labute approximate surface area is 205 Å². The lowest BCUT2D eigenvalue weighted by atomic mass is 9.52. The summed E-state index contributed by atoms with van der Waals surface area (Å²) < 4.78 is 6.67. The molecule has 186 valence electrons. The van der Waals surface area contributed by atoms with E-state index in [1.54, 1.807) is 0 Å². The molecule has 0 heterocycles. The van der Waals surface area contributed by atoms with Crippen molar-refractivity contribution in [2.45, 2.75) is 110 Å². The Morgan fingerprint density at radius 3 is 2.64 bits per heavy atom. The highest BCUT2D eigenvalue weighted by Gasteiger charge is 2.61. The van der Waals surface area contributed by atoms with E-state index in [-0.39, 0.29) is 10.5 Å². The summed E-state index contributed by atoms with van der Waals surface area (Å²) in [5, 5.41) is 12.6. The van der Waals surface area contributed by atoms with Gasteiger partial charge in [0.1, 0.15) is 0 Å². The van der Waals surface area contributed by atoms with Crippen molar-refractivity contribution >= 4 is 8.32 Å². The van der Waals surface area contributed by atoms with Crippen molar-refractivity contribution < 1.29 is 9.53 Å². The third kappa shape index (κ3) is 5.09. The molecule has 2 saturated carbocycles. The molecule has 3 aliphatic carbocycles. The molecule has 0 spiro atoms. The van der Waals surface area contributed by atoms with Gasteiger partial charge in [-0.1, -0.05) is 58.9 Å². The van der Waals surface area contributed by atoms with Gasteiger partial charge in [-0.2, -0.15) is 0 Å². The fourth-order valence-electron chi connectivity index (χ4n) is 7.39. The van der Waals surface area contributed by atoms with Gasteiger partial charge in [0.05, 0.1) is 5.60 Å². The Bertz CT molecular complexity index is 784. The average Bonchev–Trinajstić information content (AvgIpc) is 3.08. The molecule has 0 saturated heterocycles. The Kier molecular flexibility index (Phi) is 7.85. The van der Waals surface area contributed by atoms with E-state index in [0.29, 0.717) is 29.6 Å². The van der Waals surface area contributed by atoms with E-state index in [1.807, 2.05) is 6.08 Å². The van der Waals surface area contributed by atoms with Crippen molar-refractivity contribution in [3.63, 3.8) is 0 Å². The van der Waals surface area contributed by atoms with Crippen molar-refractivity contribution in [2.75, 3.05) is 6.61 Å². The van der Waals surface area contributed by atoms with Crippen molar-refractivity contribution in [1.82, 2.24) is 0 Å². The van der Waals surface area contributed by atoms with Gasteiger partial charge < -0.3 is 9.53 Å². The Morgan fingerprint density at radius 2 is 2.03 bits per heavy atom. The summed E-state index contributed by atoms with van der Waals surface area (Å²) in [6.45, 7) is 21.5. The standard InChI is InChI=1S/C30H50O2Si/c1-10-12-24-19-23(11-2)15-18-30(31)25(20-24)16-17-29(7)26(13-14-27(29)30)22(3)21-32-33(8,9)28(4,5)6/h1,11,15,22,24-27,31H,2,12-14,16-21H2,3-9H3/b23-15-/t22-,24?,25+,26-,27?,29-,30+/m1/s1. The molecule has 2 fully saturated rings. The highest BCUT2D eigenvalue weighted by molar-refractivity contribution is 6.74. The lowest BCUT2D eigenvalue weighted by Crippen LogP contribution is -2.56. The molecule has 3 aliphatic rings. The number of rotatable bonds is 6. The fraction of sp³-hybridized carbons (Fsp3) is 0.800. The molecule has 0 bridgehead atoms. The van der Waals surface area contributed by atoms with E-state index in [0.717, 1.165) is 45.1 Å². The number of fused-ring (bicyclic) bond motifs is 3. The van der Waals surface area contributed by atoms with Gasteiger partial charge in [-0.15, -0.1) is 12.3 Å². The molecule has 2 nitrogen and oxygen atoms in total. The first kappa shape index (κ1) is 26.8. The number of aliphatic hydroxyl groups is 1. The zero-order valence-corrected chi connectivity index (χ0v) is 23.5. The first-order valence-electron chi connectivity index (χ1n) is 13.4. The van der Waals surface area contributed by atoms with Gasteiger partial charge >= 0.3 is 0 Å². The van der Waals surface area contributed by atoms with E-state index in [1.165, 1.54) is 18.4 Å². The van der Waals surface area contributed by atoms with Gasteiger partial charge in [0.25, 0.3) is 0 Å². The van der Waals surface area contributed by atoms with E-state index < -0.39 is 13.9 Å². The predicted octanol–water partition coefficient (Wildman–Crippen LogP) is 7.75. The summed E-state index contributed by atoms with van der Waals surface area (Å²) in [6.07, 6.45) is 18.3. The van der Waals surface area contributed by atoms with E-state index in [4.69, 9.17) is 10.8 Å². The second-order valence-corrected chi connectivity index (χ2v) is 18.2. The third-order valence-electron chi connectivity index (χ3n) is 10.5. The molecule has 3 rings (SSSR count). The summed E-state index contributed by atoms with van der Waals surface area (Å²) in [6, 6.07) is 0. The highest BCUT2D eigenvalue weighted by Crippen LogP contribution is 2.64. The van der Waals surface area contributed by atoms with Crippen LogP contribution < -0.4 is 0 Å². The maximum atomic E-state index is 12.3. The molecule has 3 heteroatoms. The Balaban J connectivity index is 1.81. The first-order chi connectivity index (χ1) is 15.3. The third-order valence-corrected chi connectivity index (χ3v) is 15.0. The average molecular weight is 471 g/mol.